The van der Waals surface area contributed by atoms with Crippen LogP contribution in [0.2, 0.25) is 0 Å². The van der Waals surface area contributed by atoms with Crippen molar-refractivity contribution in [2.45, 2.75) is 12.8 Å². The molecule has 2 rings (SSSR count). The molecule has 1 aromatic rings. The number of likely N-dealkylation sites (tertiary alicyclic amines) is 1. The number of nitrogens with one attached hydrogen (secondary N) is 1. The van der Waals surface area contributed by atoms with Crippen LogP contribution in [0.25, 0.3) is 0 Å². The van der Waals surface area contributed by atoms with Crippen molar-refractivity contribution in [3.05, 3.63) is 23.8 Å². The molecule has 5 heteroatoms. The molecular weight excluding hydrogens is 252 g/mol. The van der Waals surface area contributed by atoms with Gasteiger partial charge in [-0.3, -0.25) is 4.79 Å². The minimum atomic E-state index is -0.00686. The van der Waals surface area contributed by atoms with Gasteiger partial charge in [0.25, 0.3) is 5.91 Å². The van der Waals surface area contributed by atoms with Crippen LogP contribution in [0.3, 0.4) is 0 Å². The Morgan fingerprint density at radius 1 is 1.35 bits per heavy atom. The van der Waals surface area contributed by atoms with E-state index in [9.17, 15) is 4.79 Å². The van der Waals surface area contributed by atoms with Crippen molar-refractivity contribution in [3.8, 4) is 0 Å². The van der Waals surface area contributed by atoms with Gasteiger partial charge < -0.3 is 20.9 Å². The van der Waals surface area contributed by atoms with Crippen LogP contribution >= 0.6 is 0 Å². The van der Waals surface area contributed by atoms with Crippen LogP contribution in [0.4, 0.5) is 11.4 Å². The standard InChI is InChI=1S/C15H24N4O/c1-18(2)15(20)12-5-6-13(16)14(11-12)17-7-10-19-8-3-4-9-19/h5-6,11,17H,3-4,7-10,16H2,1-2H3. The van der Waals surface area contributed by atoms with Crippen LogP contribution in [0.15, 0.2) is 18.2 Å². The molecule has 1 aliphatic rings. The van der Waals surface area contributed by atoms with Crippen LogP contribution in [0, 0.1) is 0 Å². The fourth-order valence-corrected chi connectivity index (χ4v) is 2.46. The number of anilines is 2. The SMILES string of the molecule is CN(C)C(=O)c1ccc(N)c(NCCN2CCCC2)c1. The molecule has 3 N–H and O–H groups in total. The van der Waals surface area contributed by atoms with Gasteiger partial charge in [-0.15, -0.1) is 0 Å². The minimum absolute atomic E-state index is 0.00686. The molecule has 1 aliphatic heterocycles. The summed E-state index contributed by atoms with van der Waals surface area (Å²) in [6, 6.07) is 5.39. The molecule has 1 heterocycles. The van der Waals surface area contributed by atoms with Crippen molar-refractivity contribution in [2.24, 2.45) is 0 Å². The van der Waals surface area contributed by atoms with E-state index in [0.717, 1.165) is 18.8 Å². The lowest BCUT2D eigenvalue weighted by molar-refractivity contribution is 0.0827. The quantitative estimate of drug-likeness (QED) is 0.800. The smallest absolute Gasteiger partial charge is 0.253 e. The van der Waals surface area contributed by atoms with Gasteiger partial charge in [-0.05, 0) is 44.1 Å². The topological polar surface area (TPSA) is 61.6 Å². The Balaban J connectivity index is 1.95. The van der Waals surface area contributed by atoms with Gasteiger partial charge >= 0.3 is 0 Å². The van der Waals surface area contributed by atoms with Crippen LogP contribution < -0.4 is 11.1 Å². The van der Waals surface area contributed by atoms with E-state index in [1.54, 1.807) is 31.1 Å². The Morgan fingerprint density at radius 2 is 2.05 bits per heavy atom. The number of nitrogens with two attached hydrogens (primary N) is 1. The Hall–Kier alpha value is -1.75. The second kappa shape index (κ2) is 6.61. The Labute approximate surface area is 120 Å². The van der Waals surface area contributed by atoms with Crippen LogP contribution in [0.5, 0.6) is 0 Å². The zero-order valence-corrected chi connectivity index (χ0v) is 12.4. The number of nitrogens with zero attached hydrogens (tertiary/aromatic N) is 2. The average molecular weight is 276 g/mol. The summed E-state index contributed by atoms with van der Waals surface area (Å²) < 4.78 is 0. The maximum atomic E-state index is 11.9. The highest BCUT2D eigenvalue weighted by molar-refractivity contribution is 5.95. The summed E-state index contributed by atoms with van der Waals surface area (Å²) in [5.41, 5.74) is 8.15. The fourth-order valence-electron chi connectivity index (χ4n) is 2.46. The number of benzene rings is 1. The molecule has 0 bridgehead atoms. The lowest BCUT2D eigenvalue weighted by Crippen LogP contribution is -2.26. The van der Waals surface area contributed by atoms with E-state index in [0.29, 0.717) is 11.3 Å². The molecule has 1 amide bonds. The highest BCUT2D eigenvalue weighted by Crippen LogP contribution is 2.20. The number of hydrogen-bond donors (Lipinski definition) is 2. The van der Waals surface area contributed by atoms with E-state index >= 15 is 0 Å². The highest BCUT2D eigenvalue weighted by Gasteiger charge is 2.12. The summed E-state index contributed by atoms with van der Waals surface area (Å²) in [4.78, 5) is 16.0. The summed E-state index contributed by atoms with van der Waals surface area (Å²) in [5, 5.41) is 3.34. The molecule has 110 valence electrons. The summed E-state index contributed by atoms with van der Waals surface area (Å²) in [6.45, 7) is 4.25. The second-order valence-corrected chi connectivity index (χ2v) is 5.48. The highest BCUT2D eigenvalue weighted by atomic mass is 16.2. The number of nitrogen functional groups attached to an aromatic ring is 1. The molecule has 0 aromatic heterocycles. The van der Waals surface area contributed by atoms with Crippen LogP contribution in [-0.4, -0.2) is 56.0 Å². The van der Waals surface area contributed by atoms with Crippen molar-refractivity contribution in [2.75, 3.05) is 51.3 Å². The lowest BCUT2D eigenvalue weighted by Gasteiger charge is -2.17. The van der Waals surface area contributed by atoms with E-state index in [-0.39, 0.29) is 5.91 Å². The number of carbonyl (C=O) groups is 1. The lowest BCUT2D eigenvalue weighted by atomic mass is 10.1. The third kappa shape index (κ3) is 3.63. The number of hydrogen-bond acceptors (Lipinski definition) is 4. The van der Waals surface area contributed by atoms with E-state index in [1.165, 1.54) is 25.9 Å². The molecule has 1 fully saturated rings. The van der Waals surface area contributed by atoms with Gasteiger partial charge in [0.15, 0.2) is 0 Å². The monoisotopic (exact) mass is 276 g/mol. The second-order valence-electron chi connectivity index (χ2n) is 5.48. The van der Waals surface area contributed by atoms with Gasteiger partial charge in [0.1, 0.15) is 0 Å². The Bertz CT molecular complexity index is 467. The summed E-state index contributed by atoms with van der Waals surface area (Å²) in [6.07, 6.45) is 2.60. The zero-order chi connectivity index (χ0) is 14.5. The van der Waals surface area contributed by atoms with Crippen molar-refractivity contribution in [1.29, 1.82) is 0 Å². The normalized spacial score (nSPS) is 15.3. The van der Waals surface area contributed by atoms with Gasteiger partial charge in [-0.1, -0.05) is 0 Å². The zero-order valence-electron chi connectivity index (χ0n) is 12.4. The number of rotatable bonds is 5. The van der Waals surface area contributed by atoms with Crippen molar-refractivity contribution in [1.82, 2.24) is 9.80 Å². The van der Waals surface area contributed by atoms with E-state index in [2.05, 4.69) is 10.2 Å². The average Bonchev–Trinajstić information content (AvgIpc) is 2.93. The Morgan fingerprint density at radius 3 is 2.70 bits per heavy atom. The van der Waals surface area contributed by atoms with E-state index in [4.69, 9.17) is 5.73 Å². The largest absolute Gasteiger partial charge is 0.397 e. The number of carbonyl (C=O) groups excluding carboxylic acids is 1. The number of amides is 1. The summed E-state index contributed by atoms with van der Waals surface area (Å²) in [7, 11) is 3.50. The molecule has 1 saturated heterocycles. The molecule has 0 aliphatic carbocycles. The molecule has 0 radical (unpaired) electrons. The van der Waals surface area contributed by atoms with Gasteiger partial charge in [-0.25, -0.2) is 0 Å². The Kier molecular flexibility index (Phi) is 4.84. The molecule has 1 aromatic carbocycles. The molecular formula is C15H24N4O. The molecule has 0 saturated carbocycles. The third-order valence-corrected chi connectivity index (χ3v) is 3.65. The van der Waals surface area contributed by atoms with Gasteiger partial charge in [0.05, 0.1) is 11.4 Å². The molecule has 0 unspecified atom stereocenters. The molecule has 0 spiro atoms. The fraction of sp³-hybridized carbons (Fsp3) is 0.533. The summed E-state index contributed by atoms with van der Waals surface area (Å²) >= 11 is 0. The van der Waals surface area contributed by atoms with Crippen LogP contribution in [0.1, 0.15) is 23.2 Å². The first-order chi connectivity index (χ1) is 9.58. The van der Waals surface area contributed by atoms with Gasteiger partial charge in [0, 0.05) is 32.7 Å². The minimum Gasteiger partial charge on any atom is -0.397 e. The molecule has 20 heavy (non-hydrogen) atoms. The predicted molar refractivity (Wildman–Crippen MR) is 83.0 cm³/mol. The van der Waals surface area contributed by atoms with Crippen LogP contribution in [-0.2, 0) is 0 Å². The maximum Gasteiger partial charge on any atom is 0.253 e. The van der Waals surface area contributed by atoms with Gasteiger partial charge in [0.2, 0.25) is 0 Å². The van der Waals surface area contributed by atoms with Crippen molar-refractivity contribution in [3.63, 3.8) is 0 Å². The maximum absolute atomic E-state index is 11.9. The van der Waals surface area contributed by atoms with Crippen molar-refractivity contribution < 1.29 is 4.79 Å². The van der Waals surface area contributed by atoms with Gasteiger partial charge in [-0.2, -0.15) is 0 Å². The predicted octanol–water partition coefficient (Wildman–Crippen LogP) is 1.48. The van der Waals surface area contributed by atoms with Crippen molar-refractivity contribution >= 4 is 17.3 Å². The molecule has 5 nitrogen and oxygen atoms in total. The van der Waals surface area contributed by atoms with E-state index in [1.807, 2.05) is 6.07 Å². The summed E-state index contributed by atoms with van der Waals surface area (Å²) in [5.74, 6) is -0.00686. The first-order valence-corrected chi connectivity index (χ1v) is 7.15. The van der Waals surface area contributed by atoms with E-state index < -0.39 is 0 Å². The third-order valence-electron chi connectivity index (χ3n) is 3.65. The first kappa shape index (κ1) is 14.7. The molecule has 0 atom stereocenters. The first-order valence-electron chi connectivity index (χ1n) is 7.15.